The molecule has 3 nitrogen and oxygen atoms in total. The SMILES string of the molecule is C=C1OC2(C=CC3(C=C2)OCCO3)c2ccccc21. The molecule has 96 valence electrons. The van der Waals surface area contributed by atoms with Crippen LogP contribution in [0.25, 0.3) is 5.76 Å². The van der Waals surface area contributed by atoms with Crippen LogP contribution in [-0.4, -0.2) is 19.0 Å². The third kappa shape index (κ3) is 1.46. The van der Waals surface area contributed by atoms with Gasteiger partial charge in [0.15, 0.2) is 5.60 Å². The fraction of sp³-hybridized carbons (Fsp3) is 0.250. The van der Waals surface area contributed by atoms with Gasteiger partial charge < -0.3 is 14.2 Å². The first-order chi connectivity index (χ1) is 9.23. The molecule has 0 bridgehead atoms. The molecule has 1 aromatic rings. The molecule has 0 atom stereocenters. The van der Waals surface area contributed by atoms with Crippen LogP contribution < -0.4 is 0 Å². The number of hydrogen-bond donors (Lipinski definition) is 0. The second-order valence-corrected chi connectivity index (χ2v) is 4.95. The smallest absolute Gasteiger partial charge is 0.208 e. The van der Waals surface area contributed by atoms with Crippen molar-refractivity contribution >= 4 is 5.76 Å². The minimum Gasteiger partial charge on any atom is -0.474 e. The lowest BCUT2D eigenvalue weighted by molar-refractivity contribution is -0.0786. The summed E-state index contributed by atoms with van der Waals surface area (Å²) in [6, 6.07) is 8.10. The van der Waals surface area contributed by atoms with Gasteiger partial charge in [0.1, 0.15) is 5.76 Å². The number of benzene rings is 1. The molecule has 0 saturated carbocycles. The van der Waals surface area contributed by atoms with Gasteiger partial charge in [-0.1, -0.05) is 30.8 Å². The van der Waals surface area contributed by atoms with E-state index in [1.54, 1.807) is 0 Å². The van der Waals surface area contributed by atoms with E-state index in [1.807, 2.05) is 42.5 Å². The van der Waals surface area contributed by atoms with E-state index in [4.69, 9.17) is 14.2 Å². The van der Waals surface area contributed by atoms with Crippen LogP contribution in [0, 0.1) is 0 Å². The fourth-order valence-corrected chi connectivity index (χ4v) is 2.86. The van der Waals surface area contributed by atoms with Crippen LogP contribution in [0.4, 0.5) is 0 Å². The van der Waals surface area contributed by atoms with Crippen molar-refractivity contribution in [3.8, 4) is 0 Å². The Morgan fingerprint density at radius 2 is 1.63 bits per heavy atom. The first-order valence-corrected chi connectivity index (χ1v) is 6.40. The van der Waals surface area contributed by atoms with Gasteiger partial charge in [-0.05, 0) is 24.3 Å². The zero-order chi connectivity index (χ0) is 12.9. The zero-order valence-electron chi connectivity index (χ0n) is 10.5. The molecule has 1 saturated heterocycles. The van der Waals surface area contributed by atoms with E-state index >= 15 is 0 Å². The highest BCUT2D eigenvalue weighted by molar-refractivity contribution is 5.69. The average Bonchev–Trinajstić information content (AvgIpc) is 3.00. The van der Waals surface area contributed by atoms with Gasteiger partial charge in [-0.2, -0.15) is 0 Å². The second-order valence-electron chi connectivity index (χ2n) is 4.95. The molecule has 2 aliphatic heterocycles. The van der Waals surface area contributed by atoms with Crippen molar-refractivity contribution in [1.29, 1.82) is 0 Å². The Morgan fingerprint density at radius 3 is 2.37 bits per heavy atom. The zero-order valence-corrected chi connectivity index (χ0v) is 10.5. The molecule has 0 N–H and O–H groups in total. The maximum atomic E-state index is 5.98. The third-order valence-corrected chi connectivity index (χ3v) is 3.81. The van der Waals surface area contributed by atoms with Crippen molar-refractivity contribution in [2.45, 2.75) is 11.4 Å². The lowest BCUT2D eigenvalue weighted by Crippen LogP contribution is -2.32. The molecule has 1 aromatic carbocycles. The summed E-state index contributed by atoms with van der Waals surface area (Å²) in [5.41, 5.74) is 1.61. The van der Waals surface area contributed by atoms with E-state index in [9.17, 15) is 0 Å². The molecule has 0 amide bonds. The van der Waals surface area contributed by atoms with E-state index in [0.717, 1.165) is 11.1 Å². The summed E-state index contributed by atoms with van der Waals surface area (Å²) in [6.45, 7) is 5.22. The van der Waals surface area contributed by atoms with Gasteiger partial charge in [0.2, 0.25) is 5.79 Å². The van der Waals surface area contributed by atoms with Crippen LogP contribution in [0.1, 0.15) is 11.1 Å². The van der Waals surface area contributed by atoms with Crippen molar-refractivity contribution in [2.75, 3.05) is 13.2 Å². The minimum absolute atomic E-state index is 0.561. The Labute approximate surface area is 111 Å². The van der Waals surface area contributed by atoms with Gasteiger partial charge in [-0.15, -0.1) is 0 Å². The molecule has 0 unspecified atom stereocenters. The van der Waals surface area contributed by atoms with Gasteiger partial charge in [0.25, 0.3) is 0 Å². The van der Waals surface area contributed by atoms with Crippen molar-refractivity contribution in [3.05, 3.63) is 66.3 Å². The van der Waals surface area contributed by atoms with Crippen molar-refractivity contribution in [3.63, 3.8) is 0 Å². The lowest BCUT2D eigenvalue weighted by atomic mass is 9.87. The Balaban J connectivity index is 1.79. The normalized spacial score (nSPS) is 24.9. The molecule has 4 rings (SSSR count). The molecule has 1 aliphatic carbocycles. The number of rotatable bonds is 0. The molecule has 1 fully saturated rings. The van der Waals surface area contributed by atoms with Crippen LogP contribution in [0.2, 0.25) is 0 Å². The molecule has 3 aliphatic rings. The predicted molar refractivity (Wildman–Crippen MR) is 71.2 cm³/mol. The molecule has 0 aromatic heterocycles. The Morgan fingerprint density at radius 1 is 0.947 bits per heavy atom. The monoisotopic (exact) mass is 254 g/mol. The summed E-state index contributed by atoms with van der Waals surface area (Å²) in [5.74, 6) is 0.00196. The Kier molecular flexibility index (Phi) is 2.08. The van der Waals surface area contributed by atoms with Gasteiger partial charge in [-0.25, -0.2) is 0 Å². The summed E-state index contributed by atoms with van der Waals surface area (Å²) in [7, 11) is 0. The summed E-state index contributed by atoms with van der Waals surface area (Å²) in [5, 5.41) is 0. The maximum absolute atomic E-state index is 5.98. The molecule has 3 heteroatoms. The van der Waals surface area contributed by atoms with Gasteiger partial charge in [-0.3, -0.25) is 0 Å². The van der Waals surface area contributed by atoms with Crippen LogP contribution in [0.5, 0.6) is 0 Å². The van der Waals surface area contributed by atoms with Crippen LogP contribution in [0.15, 0.2) is 55.1 Å². The fourth-order valence-electron chi connectivity index (χ4n) is 2.86. The minimum atomic E-state index is -0.701. The summed E-state index contributed by atoms with van der Waals surface area (Å²) < 4.78 is 17.2. The number of ether oxygens (including phenoxy) is 3. The highest BCUT2D eigenvalue weighted by atomic mass is 16.7. The quantitative estimate of drug-likeness (QED) is 0.666. The predicted octanol–water partition coefficient (Wildman–Crippen LogP) is 2.75. The molecule has 2 heterocycles. The number of hydrogen-bond acceptors (Lipinski definition) is 3. The summed E-state index contributed by atoms with van der Waals surface area (Å²) in [6.07, 6.45) is 7.84. The highest BCUT2D eigenvalue weighted by Gasteiger charge is 2.44. The average molecular weight is 254 g/mol. The summed E-state index contributed by atoms with van der Waals surface area (Å²) in [4.78, 5) is 0. The maximum Gasteiger partial charge on any atom is 0.208 e. The first kappa shape index (κ1) is 11.0. The van der Waals surface area contributed by atoms with E-state index in [1.165, 1.54) is 0 Å². The van der Waals surface area contributed by atoms with Crippen molar-refractivity contribution < 1.29 is 14.2 Å². The first-order valence-electron chi connectivity index (χ1n) is 6.40. The molecule has 0 radical (unpaired) electrons. The topological polar surface area (TPSA) is 27.7 Å². The molecular formula is C16H14O3. The van der Waals surface area contributed by atoms with E-state index in [0.29, 0.717) is 19.0 Å². The van der Waals surface area contributed by atoms with Crippen molar-refractivity contribution in [1.82, 2.24) is 0 Å². The van der Waals surface area contributed by atoms with E-state index in [2.05, 4.69) is 12.6 Å². The molecular weight excluding hydrogens is 240 g/mol. The van der Waals surface area contributed by atoms with Crippen LogP contribution in [0.3, 0.4) is 0 Å². The van der Waals surface area contributed by atoms with Gasteiger partial charge >= 0.3 is 0 Å². The third-order valence-electron chi connectivity index (χ3n) is 3.81. The second kappa shape index (κ2) is 3.59. The van der Waals surface area contributed by atoms with Crippen LogP contribution >= 0.6 is 0 Å². The number of fused-ring (bicyclic) bond motifs is 2. The Bertz CT molecular complexity index is 590. The largest absolute Gasteiger partial charge is 0.474 e. The van der Waals surface area contributed by atoms with E-state index < -0.39 is 11.4 Å². The highest BCUT2D eigenvalue weighted by Crippen LogP contribution is 2.47. The van der Waals surface area contributed by atoms with E-state index in [-0.39, 0.29) is 0 Å². The van der Waals surface area contributed by atoms with Crippen LogP contribution in [-0.2, 0) is 19.8 Å². The summed E-state index contributed by atoms with van der Waals surface area (Å²) >= 11 is 0. The lowest BCUT2D eigenvalue weighted by Gasteiger charge is -2.30. The van der Waals surface area contributed by atoms with Gasteiger partial charge in [0, 0.05) is 11.1 Å². The standard InChI is InChI=1S/C16H14O3/c1-12-13-4-2-3-5-14(13)15(19-12)6-8-16(9-7-15)17-10-11-18-16/h2-9H,1,10-11H2. The Hall–Kier alpha value is -1.84. The van der Waals surface area contributed by atoms with Crippen molar-refractivity contribution in [2.24, 2.45) is 0 Å². The molecule has 19 heavy (non-hydrogen) atoms. The molecule has 2 spiro atoms. The van der Waals surface area contributed by atoms with Gasteiger partial charge in [0.05, 0.1) is 13.2 Å².